The van der Waals surface area contributed by atoms with Crippen LogP contribution in [0, 0.1) is 11.8 Å². The number of hydrogen-bond donors (Lipinski definition) is 2. The van der Waals surface area contributed by atoms with Gasteiger partial charge in [-0.25, -0.2) is 0 Å². The summed E-state index contributed by atoms with van der Waals surface area (Å²) < 4.78 is 5.18. The monoisotopic (exact) mass is 262 g/mol. The number of methoxy groups -OCH3 is 1. The van der Waals surface area contributed by atoms with Crippen molar-refractivity contribution in [3.63, 3.8) is 0 Å². The van der Waals surface area contributed by atoms with Crippen molar-refractivity contribution in [1.29, 1.82) is 0 Å². The molecule has 1 aliphatic heterocycles. The maximum Gasteiger partial charge on any atom is 0.224 e. The molecule has 2 rings (SSSR count). The highest BCUT2D eigenvalue weighted by atomic mass is 16.5. The van der Waals surface area contributed by atoms with Crippen molar-refractivity contribution in [2.24, 2.45) is 11.8 Å². The van der Waals surface area contributed by atoms with Crippen LogP contribution >= 0.6 is 0 Å². The first-order valence-electron chi connectivity index (χ1n) is 6.82. The summed E-state index contributed by atoms with van der Waals surface area (Å²) in [6.07, 6.45) is 0.831. The van der Waals surface area contributed by atoms with E-state index in [0.717, 1.165) is 25.3 Å². The van der Waals surface area contributed by atoms with Gasteiger partial charge in [-0.3, -0.25) is 4.79 Å². The lowest BCUT2D eigenvalue weighted by molar-refractivity contribution is -0.125. The molecule has 0 spiro atoms. The third kappa shape index (κ3) is 3.70. The Kier molecular flexibility index (Phi) is 4.80. The molecule has 4 nitrogen and oxygen atoms in total. The third-order valence-electron chi connectivity index (χ3n) is 3.70. The van der Waals surface area contributed by atoms with Gasteiger partial charge in [0.25, 0.3) is 0 Å². The van der Waals surface area contributed by atoms with Crippen LogP contribution in [0.5, 0.6) is 5.75 Å². The van der Waals surface area contributed by atoms with Crippen LogP contribution in [0.2, 0.25) is 0 Å². The number of carbonyl (C=O) groups excluding carboxylic acids is 1. The average molecular weight is 262 g/mol. The van der Waals surface area contributed by atoms with Gasteiger partial charge in [0.05, 0.1) is 13.0 Å². The normalized spacial score (nSPS) is 22.2. The minimum absolute atomic E-state index is 0.116. The standard InChI is InChI=1S/C15H22N2O2/c1-11-9-16-10-14(11)15(18)17-7-6-12-4-3-5-13(8-12)19-2/h3-5,8,11,14,16H,6-7,9-10H2,1-2H3,(H,17,18). The summed E-state index contributed by atoms with van der Waals surface area (Å²) >= 11 is 0. The lowest BCUT2D eigenvalue weighted by Crippen LogP contribution is -2.35. The van der Waals surface area contributed by atoms with E-state index in [1.807, 2.05) is 18.2 Å². The summed E-state index contributed by atoms with van der Waals surface area (Å²) in [5, 5.41) is 6.27. The quantitative estimate of drug-likeness (QED) is 0.838. The van der Waals surface area contributed by atoms with Crippen LogP contribution in [-0.4, -0.2) is 32.7 Å². The molecule has 0 radical (unpaired) electrons. The second kappa shape index (κ2) is 6.57. The predicted molar refractivity (Wildman–Crippen MR) is 75.2 cm³/mol. The van der Waals surface area contributed by atoms with Crippen LogP contribution in [0.3, 0.4) is 0 Å². The van der Waals surface area contributed by atoms with Gasteiger partial charge in [0.1, 0.15) is 5.75 Å². The van der Waals surface area contributed by atoms with Gasteiger partial charge in [0.2, 0.25) is 5.91 Å². The fourth-order valence-electron chi connectivity index (χ4n) is 2.45. The van der Waals surface area contributed by atoms with E-state index in [1.54, 1.807) is 7.11 Å². The molecule has 104 valence electrons. The molecule has 0 saturated carbocycles. The van der Waals surface area contributed by atoms with Gasteiger partial charge >= 0.3 is 0 Å². The molecule has 1 aromatic carbocycles. The molecule has 1 aliphatic rings. The molecule has 1 amide bonds. The predicted octanol–water partition coefficient (Wildman–Crippen LogP) is 1.21. The number of nitrogens with one attached hydrogen (secondary N) is 2. The van der Waals surface area contributed by atoms with E-state index in [-0.39, 0.29) is 11.8 Å². The summed E-state index contributed by atoms with van der Waals surface area (Å²) in [6.45, 7) is 4.53. The summed E-state index contributed by atoms with van der Waals surface area (Å²) in [4.78, 5) is 12.0. The zero-order valence-corrected chi connectivity index (χ0v) is 11.6. The molecule has 4 heteroatoms. The largest absolute Gasteiger partial charge is 0.497 e. The Balaban J connectivity index is 1.78. The molecule has 1 heterocycles. The first-order valence-corrected chi connectivity index (χ1v) is 6.82. The van der Waals surface area contributed by atoms with E-state index in [1.165, 1.54) is 5.56 Å². The lowest BCUT2D eigenvalue weighted by Gasteiger charge is -2.14. The fourth-order valence-corrected chi connectivity index (χ4v) is 2.45. The molecule has 2 N–H and O–H groups in total. The second-order valence-electron chi connectivity index (χ2n) is 5.13. The van der Waals surface area contributed by atoms with Gasteiger partial charge in [-0.2, -0.15) is 0 Å². The average Bonchev–Trinajstić information content (AvgIpc) is 2.85. The zero-order valence-electron chi connectivity index (χ0n) is 11.6. The molecule has 1 saturated heterocycles. The Morgan fingerprint density at radius 3 is 3.00 bits per heavy atom. The Morgan fingerprint density at radius 2 is 2.32 bits per heavy atom. The van der Waals surface area contributed by atoms with Crippen LogP contribution in [0.25, 0.3) is 0 Å². The Morgan fingerprint density at radius 1 is 1.47 bits per heavy atom. The molecule has 1 fully saturated rings. The summed E-state index contributed by atoms with van der Waals surface area (Å²) in [5.41, 5.74) is 1.18. The molecule has 0 aliphatic carbocycles. The minimum Gasteiger partial charge on any atom is -0.497 e. The molecule has 2 atom stereocenters. The molecular formula is C15H22N2O2. The number of amides is 1. The van der Waals surface area contributed by atoms with Crippen LogP contribution in [0.15, 0.2) is 24.3 Å². The summed E-state index contributed by atoms with van der Waals surface area (Å²) in [7, 11) is 1.66. The highest BCUT2D eigenvalue weighted by Gasteiger charge is 2.28. The van der Waals surface area contributed by atoms with Crippen LogP contribution in [0.1, 0.15) is 12.5 Å². The van der Waals surface area contributed by atoms with Crippen molar-refractivity contribution in [2.75, 3.05) is 26.7 Å². The molecule has 2 unspecified atom stereocenters. The van der Waals surface area contributed by atoms with Crippen molar-refractivity contribution >= 4 is 5.91 Å². The molecule has 1 aromatic rings. The Hall–Kier alpha value is -1.55. The number of hydrogen-bond acceptors (Lipinski definition) is 3. The number of rotatable bonds is 5. The summed E-state index contributed by atoms with van der Waals surface area (Å²) in [6, 6.07) is 7.95. The molecule has 0 aromatic heterocycles. The fraction of sp³-hybridized carbons (Fsp3) is 0.533. The van der Waals surface area contributed by atoms with Gasteiger partial charge in [-0.05, 0) is 36.6 Å². The topological polar surface area (TPSA) is 50.4 Å². The van der Waals surface area contributed by atoms with Crippen LogP contribution < -0.4 is 15.4 Å². The van der Waals surface area contributed by atoms with Crippen molar-refractivity contribution in [3.8, 4) is 5.75 Å². The van der Waals surface area contributed by atoms with Crippen LogP contribution in [0.4, 0.5) is 0 Å². The van der Waals surface area contributed by atoms with Crippen molar-refractivity contribution in [2.45, 2.75) is 13.3 Å². The van der Waals surface area contributed by atoms with Crippen molar-refractivity contribution in [1.82, 2.24) is 10.6 Å². The smallest absolute Gasteiger partial charge is 0.224 e. The Labute approximate surface area is 114 Å². The number of carbonyl (C=O) groups is 1. The van der Waals surface area contributed by atoms with Crippen LogP contribution in [-0.2, 0) is 11.2 Å². The second-order valence-corrected chi connectivity index (χ2v) is 5.13. The third-order valence-corrected chi connectivity index (χ3v) is 3.70. The number of ether oxygens (including phenoxy) is 1. The van der Waals surface area contributed by atoms with Gasteiger partial charge in [0.15, 0.2) is 0 Å². The van der Waals surface area contributed by atoms with E-state index >= 15 is 0 Å². The first kappa shape index (κ1) is 13.9. The van der Waals surface area contributed by atoms with E-state index < -0.39 is 0 Å². The minimum atomic E-state index is 0.116. The van der Waals surface area contributed by atoms with E-state index in [0.29, 0.717) is 12.5 Å². The van der Waals surface area contributed by atoms with E-state index in [4.69, 9.17) is 4.74 Å². The molecule has 0 bridgehead atoms. The maximum atomic E-state index is 12.0. The van der Waals surface area contributed by atoms with E-state index in [9.17, 15) is 4.79 Å². The van der Waals surface area contributed by atoms with Gasteiger partial charge in [-0.15, -0.1) is 0 Å². The van der Waals surface area contributed by atoms with Gasteiger partial charge in [-0.1, -0.05) is 19.1 Å². The zero-order chi connectivity index (χ0) is 13.7. The highest BCUT2D eigenvalue weighted by Crippen LogP contribution is 2.16. The highest BCUT2D eigenvalue weighted by molar-refractivity contribution is 5.79. The first-order chi connectivity index (χ1) is 9.20. The van der Waals surface area contributed by atoms with E-state index in [2.05, 4.69) is 23.6 Å². The molecule has 19 heavy (non-hydrogen) atoms. The SMILES string of the molecule is COc1cccc(CCNC(=O)C2CNCC2C)c1. The van der Waals surface area contributed by atoms with Gasteiger partial charge in [0, 0.05) is 13.1 Å². The summed E-state index contributed by atoms with van der Waals surface area (Å²) in [5.74, 6) is 1.57. The van der Waals surface area contributed by atoms with Gasteiger partial charge < -0.3 is 15.4 Å². The van der Waals surface area contributed by atoms with Crippen molar-refractivity contribution < 1.29 is 9.53 Å². The molecular weight excluding hydrogens is 240 g/mol. The number of benzene rings is 1. The maximum absolute atomic E-state index is 12.0. The lowest BCUT2D eigenvalue weighted by atomic mass is 9.97. The van der Waals surface area contributed by atoms with Crippen molar-refractivity contribution in [3.05, 3.63) is 29.8 Å². The Bertz CT molecular complexity index is 434.